The molecule has 0 saturated heterocycles. The van der Waals surface area contributed by atoms with Gasteiger partial charge in [-0.1, -0.05) is 32.0 Å². The predicted molar refractivity (Wildman–Crippen MR) is 106 cm³/mol. The number of aryl methyl sites for hydroxylation is 1. The largest absolute Gasteiger partial charge is 0.382 e. The summed E-state index contributed by atoms with van der Waals surface area (Å²) in [6.07, 6.45) is 2.11. The Kier molecular flexibility index (Phi) is 4.85. The summed E-state index contributed by atoms with van der Waals surface area (Å²) in [6.45, 7) is 8.88. The van der Waals surface area contributed by atoms with Crippen molar-refractivity contribution in [3.63, 3.8) is 0 Å². The fourth-order valence-corrected chi connectivity index (χ4v) is 3.43. The zero-order chi connectivity index (χ0) is 18.9. The Hall–Kier alpha value is -2.63. The number of aromatic nitrogens is 3. The first-order valence-corrected chi connectivity index (χ1v) is 9.21. The summed E-state index contributed by atoms with van der Waals surface area (Å²) < 4.78 is 2.02. The lowest BCUT2D eigenvalue weighted by Crippen LogP contribution is -2.45. The molecule has 0 aliphatic rings. The molecule has 1 amide bonds. The molecule has 2 aromatic heterocycles. The minimum Gasteiger partial charge on any atom is -0.382 e. The highest BCUT2D eigenvalue weighted by atomic mass is 16.1. The van der Waals surface area contributed by atoms with Crippen LogP contribution in [0.3, 0.4) is 0 Å². The molecule has 6 nitrogen and oxygen atoms in total. The van der Waals surface area contributed by atoms with E-state index in [1.165, 1.54) is 0 Å². The summed E-state index contributed by atoms with van der Waals surface area (Å²) in [6, 6.07) is 7.99. The van der Waals surface area contributed by atoms with Gasteiger partial charge in [-0.2, -0.15) is 5.10 Å². The number of pyridine rings is 1. The molecule has 6 heteroatoms. The molecular formula is C20H27N5O. The molecule has 1 aromatic carbocycles. The van der Waals surface area contributed by atoms with Crippen LogP contribution in [0.4, 0.5) is 5.82 Å². The van der Waals surface area contributed by atoms with E-state index in [-0.39, 0.29) is 11.4 Å². The van der Waals surface area contributed by atoms with Crippen molar-refractivity contribution < 1.29 is 4.79 Å². The van der Waals surface area contributed by atoms with Crippen LogP contribution in [0, 0.1) is 0 Å². The molecule has 0 unspecified atom stereocenters. The van der Waals surface area contributed by atoms with Crippen LogP contribution in [0.2, 0.25) is 0 Å². The summed E-state index contributed by atoms with van der Waals surface area (Å²) in [5.41, 5.74) is 8.52. The number of hydrogen-bond acceptors (Lipinski definition) is 4. The van der Waals surface area contributed by atoms with Crippen LogP contribution >= 0.6 is 0 Å². The molecule has 0 bridgehead atoms. The van der Waals surface area contributed by atoms with Crippen molar-refractivity contribution in [2.24, 2.45) is 0 Å². The summed E-state index contributed by atoms with van der Waals surface area (Å²) >= 11 is 0. The second-order valence-corrected chi connectivity index (χ2v) is 7.37. The molecular weight excluding hydrogens is 326 g/mol. The molecule has 26 heavy (non-hydrogen) atoms. The number of nitrogens with zero attached hydrogens (tertiary/aromatic N) is 3. The van der Waals surface area contributed by atoms with E-state index in [4.69, 9.17) is 10.8 Å². The van der Waals surface area contributed by atoms with Gasteiger partial charge in [-0.15, -0.1) is 0 Å². The fourth-order valence-electron chi connectivity index (χ4n) is 3.43. The Bertz CT molecular complexity index is 958. The van der Waals surface area contributed by atoms with Crippen LogP contribution in [0.25, 0.3) is 21.8 Å². The molecule has 0 radical (unpaired) electrons. The number of nitrogens with two attached hydrogens (primary N) is 1. The highest BCUT2D eigenvalue weighted by Gasteiger charge is 2.26. The normalized spacial score (nSPS) is 12.0. The Morgan fingerprint density at radius 3 is 2.69 bits per heavy atom. The standard InChI is InChI=1S/C20H27N5O/c1-5-11-25-15(12-20(3,4)23-16(26)6-2)17-13-9-7-8-10-14(13)22-19(21)18(17)24-25/h7-10H,5-6,11-12H2,1-4H3,(H2,21,22)(H,23,26). The number of benzene rings is 1. The molecule has 3 rings (SSSR count). The lowest BCUT2D eigenvalue weighted by Gasteiger charge is -2.27. The minimum absolute atomic E-state index is 0.0481. The second kappa shape index (κ2) is 6.94. The number of amides is 1. The number of nitrogen functional groups attached to an aromatic ring is 1. The fraction of sp³-hybridized carbons (Fsp3) is 0.450. The molecule has 0 spiro atoms. The van der Waals surface area contributed by atoms with E-state index < -0.39 is 0 Å². The summed E-state index contributed by atoms with van der Waals surface area (Å²) in [4.78, 5) is 16.4. The van der Waals surface area contributed by atoms with Crippen LogP contribution in [0.5, 0.6) is 0 Å². The van der Waals surface area contributed by atoms with E-state index >= 15 is 0 Å². The Morgan fingerprint density at radius 1 is 1.27 bits per heavy atom. The van der Waals surface area contributed by atoms with Gasteiger partial charge in [0.15, 0.2) is 5.82 Å². The van der Waals surface area contributed by atoms with Crippen LogP contribution in [-0.2, 0) is 17.8 Å². The number of para-hydroxylation sites is 1. The van der Waals surface area contributed by atoms with Crippen LogP contribution in [-0.4, -0.2) is 26.2 Å². The highest BCUT2D eigenvalue weighted by Crippen LogP contribution is 2.32. The lowest BCUT2D eigenvalue weighted by atomic mass is 9.95. The number of anilines is 1. The molecule has 138 valence electrons. The number of carbonyl (C=O) groups is 1. The van der Waals surface area contributed by atoms with Gasteiger partial charge in [0, 0.05) is 41.4 Å². The zero-order valence-electron chi connectivity index (χ0n) is 16.0. The van der Waals surface area contributed by atoms with Crippen LogP contribution in [0.1, 0.15) is 46.2 Å². The summed E-state index contributed by atoms with van der Waals surface area (Å²) in [5.74, 6) is 0.497. The van der Waals surface area contributed by atoms with Gasteiger partial charge in [0.05, 0.1) is 5.52 Å². The van der Waals surface area contributed by atoms with E-state index in [1.54, 1.807) is 0 Å². The van der Waals surface area contributed by atoms with Gasteiger partial charge in [-0.25, -0.2) is 4.98 Å². The molecule has 3 aromatic rings. The molecule has 0 aliphatic heterocycles. The predicted octanol–water partition coefficient (Wildman–Crippen LogP) is 3.42. The van der Waals surface area contributed by atoms with E-state index in [0.29, 0.717) is 18.7 Å². The second-order valence-electron chi connectivity index (χ2n) is 7.37. The van der Waals surface area contributed by atoms with Crippen molar-refractivity contribution in [2.75, 3.05) is 5.73 Å². The first-order valence-electron chi connectivity index (χ1n) is 9.21. The maximum atomic E-state index is 11.9. The topological polar surface area (TPSA) is 85.8 Å². The quantitative estimate of drug-likeness (QED) is 0.711. The van der Waals surface area contributed by atoms with E-state index in [2.05, 4.69) is 23.3 Å². The Balaban J connectivity index is 2.21. The van der Waals surface area contributed by atoms with Crippen molar-refractivity contribution in [3.05, 3.63) is 30.0 Å². The van der Waals surface area contributed by atoms with Crippen molar-refractivity contribution in [2.45, 2.75) is 59.0 Å². The van der Waals surface area contributed by atoms with Gasteiger partial charge in [0.1, 0.15) is 5.52 Å². The third-order valence-corrected chi connectivity index (χ3v) is 4.56. The zero-order valence-corrected chi connectivity index (χ0v) is 16.0. The third kappa shape index (κ3) is 3.36. The lowest BCUT2D eigenvalue weighted by molar-refractivity contribution is -0.122. The van der Waals surface area contributed by atoms with Gasteiger partial charge in [-0.05, 0) is 26.3 Å². The summed E-state index contributed by atoms with van der Waals surface area (Å²) in [5, 5.41) is 9.96. The molecule has 2 heterocycles. The van der Waals surface area contributed by atoms with Crippen LogP contribution < -0.4 is 11.1 Å². The molecule has 0 atom stereocenters. The van der Waals surface area contributed by atoms with Crippen LogP contribution in [0.15, 0.2) is 24.3 Å². The molecule has 3 N–H and O–H groups in total. The van der Waals surface area contributed by atoms with Crippen molar-refractivity contribution >= 4 is 33.5 Å². The van der Waals surface area contributed by atoms with Gasteiger partial charge in [0.2, 0.25) is 5.91 Å². The number of rotatable bonds is 6. The SMILES string of the molecule is CCCn1nc2c(N)nc3ccccc3c2c1CC(C)(C)NC(=O)CC. The number of hydrogen-bond donors (Lipinski definition) is 2. The Labute approximate surface area is 153 Å². The molecule has 0 fully saturated rings. The van der Waals surface area contributed by atoms with Crippen molar-refractivity contribution in [1.29, 1.82) is 0 Å². The number of fused-ring (bicyclic) bond motifs is 3. The minimum atomic E-state index is -0.384. The first-order chi connectivity index (χ1) is 12.4. The maximum Gasteiger partial charge on any atom is 0.220 e. The molecule has 0 aliphatic carbocycles. The summed E-state index contributed by atoms with van der Waals surface area (Å²) in [7, 11) is 0. The maximum absolute atomic E-state index is 11.9. The molecule has 0 saturated carbocycles. The number of nitrogens with one attached hydrogen (secondary N) is 1. The van der Waals surface area contributed by atoms with Gasteiger partial charge >= 0.3 is 0 Å². The highest BCUT2D eigenvalue weighted by molar-refractivity contribution is 6.09. The van der Waals surface area contributed by atoms with E-state index in [9.17, 15) is 4.79 Å². The number of carbonyl (C=O) groups excluding carboxylic acids is 1. The first kappa shape index (κ1) is 18.2. The average molecular weight is 353 g/mol. The van der Waals surface area contributed by atoms with Crippen molar-refractivity contribution in [1.82, 2.24) is 20.1 Å². The van der Waals surface area contributed by atoms with E-state index in [0.717, 1.165) is 40.5 Å². The van der Waals surface area contributed by atoms with E-state index in [1.807, 2.05) is 43.7 Å². The smallest absolute Gasteiger partial charge is 0.220 e. The Morgan fingerprint density at radius 2 is 2.00 bits per heavy atom. The van der Waals surface area contributed by atoms with Crippen molar-refractivity contribution in [3.8, 4) is 0 Å². The van der Waals surface area contributed by atoms with Gasteiger partial charge in [-0.3, -0.25) is 9.48 Å². The van der Waals surface area contributed by atoms with Gasteiger partial charge in [0.25, 0.3) is 0 Å². The van der Waals surface area contributed by atoms with Gasteiger partial charge < -0.3 is 11.1 Å². The third-order valence-electron chi connectivity index (χ3n) is 4.56. The average Bonchev–Trinajstić information content (AvgIpc) is 2.93. The monoisotopic (exact) mass is 353 g/mol.